The lowest BCUT2D eigenvalue weighted by Gasteiger charge is -2.19. The zero-order valence-electron chi connectivity index (χ0n) is 10.2. The molecule has 0 atom stereocenters. The van der Waals surface area contributed by atoms with Gasteiger partial charge >= 0.3 is 0 Å². The van der Waals surface area contributed by atoms with Crippen molar-refractivity contribution in [3.05, 3.63) is 28.5 Å². The third-order valence-corrected chi connectivity index (χ3v) is 2.79. The van der Waals surface area contributed by atoms with Crippen LogP contribution in [0, 0.1) is 12.7 Å². The van der Waals surface area contributed by atoms with E-state index in [1.165, 1.54) is 17.0 Å². The van der Waals surface area contributed by atoms with Crippen LogP contribution in [0.1, 0.15) is 12.5 Å². The van der Waals surface area contributed by atoms with E-state index in [-0.39, 0.29) is 18.3 Å². The molecule has 17 heavy (non-hydrogen) atoms. The number of carbonyl (C=O) groups is 1. The first-order valence-electron chi connectivity index (χ1n) is 5.40. The van der Waals surface area contributed by atoms with Gasteiger partial charge in [0.15, 0.2) is 0 Å². The van der Waals surface area contributed by atoms with Crippen LogP contribution in [0.4, 0.5) is 10.1 Å². The van der Waals surface area contributed by atoms with Crippen LogP contribution in [0.25, 0.3) is 0 Å². The van der Waals surface area contributed by atoms with Gasteiger partial charge in [-0.3, -0.25) is 4.79 Å². The van der Waals surface area contributed by atoms with Crippen molar-refractivity contribution < 1.29 is 9.18 Å². The van der Waals surface area contributed by atoms with Gasteiger partial charge in [-0.25, -0.2) is 4.39 Å². The van der Waals surface area contributed by atoms with Crippen molar-refractivity contribution in [3.63, 3.8) is 0 Å². The highest BCUT2D eigenvalue weighted by Gasteiger charge is 2.15. The van der Waals surface area contributed by atoms with Crippen LogP contribution >= 0.6 is 11.6 Å². The Bertz CT molecular complexity index is 423. The largest absolute Gasteiger partial charge is 0.313 e. The van der Waals surface area contributed by atoms with Gasteiger partial charge in [-0.2, -0.15) is 0 Å². The van der Waals surface area contributed by atoms with Gasteiger partial charge in [0.25, 0.3) is 0 Å². The van der Waals surface area contributed by atoms with Crippen molar-refractivity contribution in [3.8, 4) is 0 Å². The number of aryl methyl sites for hydroxylation is 1. The number of nitrogens with one attached hydrogen (secondary N) is 1. The van der Waals surface area contributed by atoms with Gasteiger partial charge in [-0.1, -0.05) is 18.5 Å². The molecule has 94 valence electrons. The van der Waals surface area contributed by atoms with E-state index in [4.69, 9.17) is 11.6 Å². The maximum Gasteiger partial charge on any atom is 0.240 e. The highest BCUT2D eigenvalue weighted by molar-refractivity contribution is 6.33. The van der Waals surface area contributed by atoms with E-state index in [0.717, 1.165) is 0 Å². The summed E-state index contributed by atoms with van der Waals surface area (Å²) in [5, 5.41) is 3.29. The zero-order chi connectivity index (χ0) is 13.0. The normalized spacial score (nSPS) is 10.4. The summed E-state index contributed by atoms with van der Waals surface area (Å²) in [6, 6.07) is 2.80. The second-order valence-electron chi connectivity index (χ2n) is 3.79. The Labute approximate surface area is 106 Å². The van der Waals surface area contributed by atoms with Crippen molar-refractivity contribution in [2.45, 2.75) is 13.8 Å². The molecule has 1 aromatic carbocycles. The Morgan fingerprint density at radius 3 is 2.76 bits per heavy atom. The molecule has 0 saturated carbocycles. The summed E-state index contributed by atoms with van der Waals surface area (Å²) in [6.07, 6.45) is 0. The van der Waals surface area contributed by atoms with Gasteiger partial charge in [0.05, 0.1) is 17.3 Å². The highest BCUT2D eigenvalue weighted by atomic mass is 35.5. The molecule has 3 nitrogen and oxygen atoms in total. The SMILES string of the molecule is CCNCC(=O)N(C)c1cc(F)c(C)cc1Cl. The second kappa shape index (κ2) is 5.98. The first kappa shape index (κ1) is 13.9. The summed E-state index contributed by atoms with van der Waals surface area (Å²) in [7, 11) is 1.58. The van der Waals surface area contributed by atoms with Crippen LogP contribution in [0.2, 0.25) is 5.02 Å². The quantitative estimate of drug-likeness (QED) is 0.899. The minimum atomic E-state index is -0.368. The van der Waals surface area contributed by atoms with Crippen LogP contribution in [-0.2, 0) is 4.79 Å². The van der Waals surface area contributed by atoms with E-state index >= 15 is 0 Å². The summed E-state index contributed by atoms with van der Waals surface area (Å²) in [6.45, 7) is 4.45. The van der Waals surface area contributed by atoms with E-state index in [1.807, 2.05) is 6.92 Å². The number of carbonyl (C=O) groups excluding carboxylic acids is 1. The first-order chi connectivity index (χ1) is 7.97. The molecule has 0 aliphatic heterocycles. The maximum atomic E-state index is 13.4. The molecule has 0 aliphatic rings. The van der Waals surface area contributed by atoms with Crippen LogP contribution in [0.15, 0.2) is 12.1 Å². The number of benzene rings is 1. The molecule has 1 aromatic rings. The molecule has 5 heteroatoms. The van der Waals surface area contributed by atoms with Crippen molar-refractivity contribution >= 4 is 23.2 Å². The summed E-state index contributed by atoms with van der Waals surface area (Å²) in [5.41, 5.74) is 0.851. The number of hydrogen-bond acceptors (Lipinski definition) is 2. The molecule has 0 fully saturated rings. The molecule has 0 bridgehead atoms. The van der Waals surface area contributed by atoms with Crippen molar-refractivity contribution in [2.75, 3.05) is 25.0 Å². The average molecular weight is 259 g/mol. The van der Waals surface area contributed by atoms with Crippen LogP contribution in [-0.4, -0.2) is 26.0 Å². The van der Waals surface area contributed by atoms with Gasteiger partial charge in [-0.05, 0) is 31.2 Å². The monoisotopic (exact) mass is 258 g/mol. The summed E-state index contributed by atoms with van der Waals surface area (Å²) in [4.78, 5) is 13.1. The number of halogens is 2. The fourth-order valence-corrected chi connectivity index (χ4v) is 1.72. The van der Waals surface area contributed by atoms with Gasteiger partial charge in [-0.15, -0.1) is 0 Å². The van der Waals surface area contributed by atoms with Gasteiger partial charge < -0.3 is 10.2 Å². The Hall–Kier alpha value is -1.13. The molecule has 0 spiro atoms. The average Bonchev–Trinajstić information content (AvgIpc) is 2.29. The topological polar surface area (TPSA) is 32.3 Å². The number of nitrogens with zero attached hydrogens (tertiary/aromatic N) is 1. The van der Waals surface area contributed by atoms with E-state index in [2.05, 4.69) is 5.32 Å². The molecule has 0 heterocycles. The molecular formula is C12H16ClFN2O. The predicted molar refractivity (Wildman–Crippen MR) is 68.1 cm³/mol. The fraction of sp³-hybridized carbons (Fsp3) is 0.417. The predicted octanol–water partition coefficient (Wildman–Crippen LogP) is 2.36. The van der Waals surface area contributed by atoms with Crippen molar-refractivity contribution in [2.24, 2.45) is 0 Å². The van der Waals surface area contributed by atoms with Crippen LogP contribution in [0.3, 0.4) is 0 Å². The lowest BCUT2D eigenvalue weighted by atomic mass is 10.2. The lowest BCUT2D eigenvalue weighted by Crippen LogP contribution is -2.35. The second-order valence-corrected chi connectivity index (χ2v) is 4.19. The van der Waals surface area contributed by atoms with E-state index < -0.39 is 0 Å². The summed E-state index contributed by atoms with van der Waals surface area (Å²) in [5.74, 6) is -0.524. The molecule has 1 rings (SSSR count). The molecule has 1 amide bonds. The Kier molecular flexibility index (Phi) is 4.90. The van der Waals surface area contributed by atoms with Gasteiger partial charge in [0.1, 0.15) is 5.82 Å². The number of rotatable bonds is 4. The number of anilines is 1. The van der Waals surface area contributed by atoms with E-state index in [9.17, 15) is 9.18 Å². The maximum absolute atomic E-state index is 13.4. The Morgan fingerprint density at radius 1 is 1.53 bits per heavy atom. The standard InChI is InChI=1S/C12H16ClFN2O/c1-4-15-7-12(17)16(3)11-6-10(14)8(2)5-9(11)13/h5-6,15H,4,7H2,1-3H3. The van der Waals surface area contributed by atoms with Crippen LogP contribution in [0.5, 0.6) is 0 Å². The third-order valence-electron chi connectivity index (χ3n) is 2.49. The summed E-state index contributed by atoms with van der Waals surface area (Å²) >= 11 is 5.99. The molecule has 0 aliphatic carbocycles. The summed E-state index contributed by atoms with van der Waals surface area (Å²) < 4.78 is 13.4. The van der Waals surface area contributed by atoms with Crippen LogP contribution < -0.4 is 10.2 Å². The zero-order valence-corrected chi connectivity index (χ0v) is 10.9. The molecule has 1 N–H and O–H groups in total. The van der Waals surface area contributed by atoms with Crippen molar-refractivity contribution in [1.29, 1.82) is 0 Å². The molecular weight excluding hydrogens is 243 g/mol. The van der Waals surface area contributed by atoms with Gasteiger partial charge in [0, 0.05) is 7.05 Å². The number of likely N-dealkylation sites (N-methyl/N-ethyl adjacent to an activating group) is 2. The third kappa shape index (κ3) is 3.41. The van der Waals surface area contributed by atoms with E-state index in [1.54, 1.807) is 14.0 Å². The molecule has 0 unspecified atom stereocenters. The smallest absolute Gasteiger partial charge is 0.240 e. The number of amides is 1. The molecule has 0 radical (unpaired) electrons. The number of hydrogen-bond donors (Lipinski definition) is 1. The molecule has 0 aromatic heterocycles. The van der Waals surface area contributed by atoms with Crippen molar-refractivity contribution in [1.82, 2.24) is 5.32 Å². The minimum Gasteiger partial charge on any atom is -0.313 e. The molecule has 0 saturated heterocycles. The highest BCUT2D eigenvalue weighted by Crippen LogP contribution is 2.27. The first-order valence-corrected chi connectivity index (χ1v) is 5.78. The Morgan fingerprint density at radius 2 is 2.18 bits per heavy atom. The Balaban J connectivity index is 2.92. The van der Waals surface area contributed by atoms with E-state index in [0.29, 0.717) is 22.8 Å². The lowest BCUT2D eigenvalue weighted by molar-refractivity contribution is -0.117. The fourth-order valence-electron chi connectivity index (χ4n) is 1.38. The minimum absolute atomic E-state index is 0.156. The van der Waals surface area contributed by atoms with Gasteiger partial charge in [0.2, 0.25) is 5.91 Å².